The van der Waals surface area contributed by atoms with E-state index in [0.29, 0.717) is 11.3 Å². The Labute approximate surface area is 117 Å². The summed E-state index contributed by atoms with van der Waals surface area (Å²) in [6.07, 6.45) is -0.00133. The Balaban J connectivity index is 1.88. The van der Waals surface area contributed by atoms with Crippen molar-refractivity contribution >= 4 is 17.4 Å². The number of Topliss-reactive ketones (excluding diaryl/α,β-unsaturated/α-hetero) is 1. The zero-order chi connectivity index (χ0) is 14.4. The molecular formula is C16H15NO3. The normalized spacial score (nSPS) is 10.0. The summed E-state index contributed by atoms with van der Waals surface area (Å²) in [6.45, 7) is 0.0995. The molecule has 102 valence electrons. The zero-order valence-corrected chi connectivity index (χ0v) is 10.9. The smallest absolute Gasteiger partial charge is 0.375 e. The third-order valence-corrected chi connectivity index (χ3v) is 2.76. The summed E-state index contributed by atoms with van der Waals surface area (Å²) < 4.78 is 4.97. The molecule has 0 amide bonds. The highest BCUT2D eigenvalue weighted by molar-refractivity contribution is 6.34. The summed E-state index contributed by atoms with van der Waals surface area (Å²) in [5, 5.41) is 0. The standard InChI is InChI=1S/C16H15NO3/c17-14-8-4-7-13(9-14)10-15(18)16(19)20-11-12-5-2-1-3-6-12/h1-9H,10-11,17H2. The van der Waals surface area contributed by atoms with Crippen LogP contribution in [0.4, 0.5) is 5.69 Å². The van der Waals surface area contributed by atoms with Crippen LogP contribution in [0, 0.1) is 0 Å². The highest BCUT2D eigenvalue weighted by Crippen LogP contribution is 2.08. The molecule has 0 saturated carbocycles. The number of carbonyl (C=O) groups excluding carboxylic acids is 2. The van der Waals surface area contributed by atoms with Crippen molar-refractivity contribution in [2.75, 3.05) is 5.73 Å². The molecule has 0 radical (unpaired) electrons. The van der Waals surface area contributed by atoms with Crippen LogP contribution in [-0.2, 0) is 27.4 Å². The van der Waals surface area contributed by atoms with Gasteiger partial charge in [-0.3, -0.25) is 4.79 Å². The lowest BCUT2D eigenvalue weighted by molar-refractivity contribution is -0.154. The second-order valence-corrected chi connectivity index (χ2v) is 4.41. The third-order valence-electron chi connectivity index (χ3n) is 2.76. The van der Waals surface area contributed by atoms with Gasteiger partial charge in [0.25, 0.3) is 0 Å². The van der Waals surface area contributed by atoms with E-state index in [1.54, 1.807) is 24.3 Å². The molecule has 0 heterocycles. The molecule has 0 aliphatic rings. The Morgan fingerprint density at radius 2 is 1.65 bits per heavy atom. The number of anilines is 1. The molecule has 0 spiro atoms. The Morgan fingerprint density at radius 1 is 0.950 bits per heavy atom. The first-order valence-electron chi connectivity index (χ1n) is 6.23. The topological polar surface area (TPSA) is 69.4 Å². The second kappa shape index (κ2) is 6.52. The fourth-order valence-corrected chi connectivity index (χ4v) is 1.76. The van der Waals surface area contributed by atoms with Gasteiger partial charge in [0, 0.05) is 12.1 Å². The number of nitrogen functional groups attached to an aromatic ring is 1. The number of hydrogen-bond acceptors (Lipinski definition) is 4. The molecule has 0 aromatic heterocycles. The van der Waals surface area contributed by atoms with Crippen LogP contribution in [0.5, 0.6) is 0 Å². The first-order chi connectivity index (χ1) is 9.65. The molecule has 20 heavy (non-hydrogen) atoms. The number of carbonyl (C=O) groups is 2. The van der Waals surface area contributed by atoms with E-state index in [0.717, 1.165) is 5.56 Å². The minimum absolute atomic E-state index is 0.00133. The second-order valence-electron chi connectivity index (χ2n) is 4.41. The fourth-order valence-electron chi connectivity index (χ4n) is 1.76. The molecule has 0 unspecified atom stereocenters. The monoisotopic (exact) mass is 269 g/mol. The first kappa shape index (κ1) is 13.8. The summed E-state index contributed by atoms with van der Waals surface area (Å²) in [7, 11) is 0. The van der Waals surface area contributed by atoms with E-state index < -0.39 is 11.8 Å². The zero-order valence-electron chi connectivity index (χ0n) is 10.9. The molecule has 0 aliphatic heterocycles. The Hall–Kier alpha value is -2.62. The minimum atomic E-state index is -0.823. The minimum Gasteiger partial charge on any atom is -0.455 e. The lowest BCUT2D eigenvalue weighted by atomic mass is 10.1. The molecule has 4 nitrogen and oxygen atoms in total. The van der Waals surface area contributed by atoms with Gasteiger partial charge in [0.2, 0.25) is 5.78 Å². The summed E-state index contributed by atoms with van der Waals surface area (Å²) in [5.41, 5.74) is 7.73. The van der Waals surface area contributed by atoms with Crippen LogP contribution in [-0.4, -0.2) is 11.8 Å². The maximum Gasteiger partial charge on any atom is 0.375 e. The van der Waals surface area contributed by atoms with Crippen LogP contribution < -0.4 is 5.73 Å². The van der Waals surface area contributed by atoms with Crippen molar-refractivity contribution < 1.29 is 14.3 Å². The number of benzene rings is 2. The van der Waals surface area contributed by atoms with E-state index >= 15 is 0 Å². The van der Waals surface area contributed by atoms with Crippen LogP contribution in [0.25, 0.3) is 0 Å². The molecule has 2 N–H and O–H groups in total. The van der Waals surface area contributed by atoms with Gasteiger partial charge in [0.05, 0.1) is 0 Å². The maximum atomic E-state index is 11.7. The molecule has 2 rings (SSSR count). The third kappa shape index (κ3) is 3.95. The van der Waals surface area contributed by atoms with Crippen molar-refractivity contribution in [1.29, 1.82) is 0 Å². The van der Waals surface area contributed by atoms with Gasteiger partial charge in [-0.2, -0.15) is 0 Å². The van der Waals surface area contributed by atoms with Gasteiger partial charge < -0.3 is 10.5 Å². The predicted octanol–water partition coefficient (Wildman–Crippen LogP) is 2.12. The Kier molecular flexibility index (Phi) is 4.50. The van der Waals surface area contributed by atoms with Crippen molar-refractivity contribution in [3.05, 3.63) is 65.7 Å². The van der Waals surface area contributed by atoms with Crippen molar-refractivity contribution in [3.63, 3.8) is 0 Å². The van der Waals surface area contributed by atoms with E-state index in [9.17, 15) is 9.59 Å². The molecule has 2 aromatic rings. The molecule has 0 atom stereocenters. The van der Waals surface area contributed by atoms with E-state index in [4.69, 9.17) is 10.5 Å². The quantitative estimate of drug-likeness (QED) is 0.513. The summed E-state index contributed by atoms with van der Waals surface area (Å²) in [6, 6.07) is 16.1. The number of ketones is 1. The van der Waals surface area contributed by atoms with Crippen LogP contribution in [0.15, 0.2) is 54.6 Å². The van der Waals surface area contributed by atoms with Gasteiger partial charge >= 0.3 is 5.97 Å². The predicted molar refractivity (Wildman–Crippen MR) is 75.8 cm³/mol. The lowest BCUT2D eigenvalue weighted by Crippen LogP contribution is -2.19. The molecule has 0 aliphatic carbocycles. The number of rotatable bonds is 5. The first-order valence-corrected chi connectivity index (χ1v) is 6.23. The van der Waals surface area contributed by atoms with Crippen LogP contribution >= 0.6 is 0 Å². The van der Waals surface area contributed by atoms with Gasteiger partial charge in [-0.25, -0.2) is 4.79 Å². The Bertz CT molecular complexity index is 608. The molecular weight excluding hydrogens is 254 g/mol. The molecule has 4 heteroatoms. The largest absolute Gasteiger partial charge is 0.455 e. The van der Waals surface area contributed by atoms with E-state index in [1.807, 2.05) is 30.3 Å². The van der Waals surface area contributed by atoms with Gasteiger partial charge in [-0.05, 0) is 23.3 Å². The van der Waals surface area contributed by atoms with Gasteiger partial charge in [0.1, 0.15) is 6.61 Å². The highest BCUT2D eigenvalue weighted by atomic mass is 16.5. The Morgan fingerprint density at radius 3 is 2.35 bits per heavy atom. The van der Waals surface area contributed by atoms with Crippen molar-refractivity contribution in [2.24, 2.45) is 0 Å². The van der Waals surface area contributed by atoms with Crippen molar-refractivity contribution in [3.8, 4) is 0 Å². The summed E-state index contributed by atoms with van der Waals surface area (Å²) in [5.74, 6) is -1.40. The van der Waals surface area contributed by atoms with Gasteiger partial charge in [-0.15, -0.1) is 0 Å². The number of esters is 1. The highest BCUT2D eigenvalue weighted by Gasteiger charge is 2.16. The number of hydrogen-bond donors (Lipinski definition) is 1. The number of nitrogens with two attached hydrogens (primary N) is 1. The fraction of sp³-hybridized carbons (Fsp3) is 0.125. The van der Waals surface area contributed by atoms with Gasteiger partial charge in [-0.1, -0.05) is 42.5 Å². The van der Waals surface area contributed by atoms with Crippen LogP contribution in [0.3, 0.4) is 0 Å². The van der Waals surface area contributed by atoms with Crippen molar-refractivity contribution in [2.45, 2.75) is 13.0 Å². The SMILES string of the molecule is Nc1cccc(CC(=O)C(=O)OCc2ccccc2)c1. The maximum absolute atomic E-state index is 11.7. The lowest BCUT2D eigenvalue weighted by Gasteiger charge is -2.04. The molecule has 2 aromatic carbocycles. The summed E-state index contributed by atoms with van der Waals surface area (Å²) in [4.78, 5) is 23.3. The van der Waals surface area contributed by atoms with E-state index in [1.165, 1.54) is 0 Å². The van der Waals surface area contributed by atoms with Crippen LogP contribution in [0.2, 0.25) is 0 Å². The molecule has 0 fully saturated rings. The average molecular weight is 269 g/mol. The van der Waals surface area contributed by atoms with Gasteiger partial charge in [0.15, 0.2) is 0 Å². The average Bonchev–Trinajstić information content (AvgIpc) is 2.46. The molecule has 0 bridgehead atoms. The van der Waals surface area contributed by atoms with Crippen molar-refractivity contribution in [1.82, 2.24) is 0 Å². The number of ether oxygens (including phenoxy) is 1. The molecule has 0 saturated heterocycles. The van der Waals surface area contributed by atoms with Crippen LogP contribution in [0.1, 0.15) is 11.1 Å². The summed E-state index contributed by atoms with van der Waals surface area (Å²) >= 11 is 0. The van der Waals surface area contributed by atoms with E-state index in [2.05, 4.69) is 0 Å². The van der Waals surface area contributed by atoms with E-state index in [-0.39, 0.29) is 13.0 Å².